The lowest BCUT2D eigenvalue weighted by Gasteiger charge is -2.07. The Hall–Kier alpha value is -1.22. The Morgan fingerprint density at radius 2 is 1.60 bits per heavy atom. The molecule has 2 aromatic rings. The first-order valence-electron chi connectivity index (χ1n) is 4.75. The molecule has 2 aromatic carbocycles. The fourth-order valence-corrected chi connectivity index (χ4v) is 1.63. The minimum atomic E-state index is 0.835. The van der Waals surface area contributed by atoms with Crippen LogP contribution in [-0.4, -0.2) is 7.85 Å². The van der Waals surface area contributed by atoms with Crippen molar-refractivity contribution in [3.8, 4) is 11.5 Å². The van der Waals surface area contributed by atoms with E-state index in [0.717, 1.165) is 16.0 Å². The Labute approximate surface area is 98.6 Å². The van der Waals surface area contributed by atoms with Gasteiger partial charge in [0.25, 0.3) is 0 Å². The zero-order valence-corrected chi connectivity index (χ0v) is 9.99. The van der Waals surface area contributed by atoms with Gasteiger partial charge in [-0.3, -0.25) is 0 Å². The molecule has 2 rings (SSSR count). The van der Waals surface area contributed by atoms with Gasteiger partial charge in [0.05, 0.1) is 4.47 Å². The van der Waals surface area contributed by atoms with Crippen molar-refractivity contribution < 1.29 is 4.74 Å². The van der Waals surface area contributed by atoms with E-state index >= 15 is 0 Å². The van der Waals surface area contributed by atoms with Crippen molar-refractivity contribution in [2.24, 2.45) is 0 Å². The molecule has 0 N–H and O–H groups in total. The molecule has 0 spiro atoms. The lowest BCUT2D eigenvalue weighted by Crippen LogP contribution is -1.99. The van der Waals surface area contributed by atoms with Crippen LogP contribution >= 0.6 is 15.9 Å². The first-order chi connectivity index (χ1) is 7.25. The van der Waals surface area contributed by atoms with Gasteiger partial charge in [0.2, 0.25) is 0 Å². The summed E-state index contributed by atoms with van der Waals surface area (Å²) in [5, 5.41) is 0. The fraction of sp³-hybridized carbons (Fsp3) is 0. The molecule has 0 saturated heterocycles. The van der Waals surface area contributed by atoms with E-state index in [4.69, 9.17) is 4.74 Å². The first kappa shape index (κ1) is 10.3. The van der Waals surface area contributed by atoms with Crippen molar-refractivity contribution in [1.29, 1.82) is 0 Å². The molecular formula is C12H10BBrO. The summed E-state index contributed by atoms with van der Waals surface area (Å²) in [4.78, 5) is 0. The Morgan fingerprint density at radius 1 is 0.933 bits per heavy atom. The zero-order chi connectivity index (χ0) is 10.7. The Bertz CT molecular complexity index is 453. The third kappa shape index (κ3) is 2.63. The summed E-state index contributed by atoms with van der Waals surface area (Å²) >= 11 is 3.44. The van der Waals surface area contributed by atoms with Crippen LogP contribution in [0.25, 0.3) is 0 Å². The predicted octanol–water partition coefficient (Wildman–Crippen LogP) is 2.50. The lowest BCUT2D eigenvalue weighted by atomic mass is 9.97. The summed E-state index contributed by atoms with van der Waals surface area (Å²) in [5.41, 5.74) is 1.23. The van der Waals surface area contributed by atoms with Crippen LogP contribution in [0.15, 0.2) is 53.0 Å². The number of rotatable bonds is 2. The van der Waals surface area contributed by atoms with Crippen LogP contribution in [0.2, 0.25) is 0 Å². The van der Waals surface area contributed by atoms with E-state index in [0.29, 0.717) is 0 Å². The van der Waals surface area contributed by atoms with Gasteiger partial charge in [-0.25, -0.2) is 0 Å². The smallest absolute Gasteiger partial charge is 0.141 e. The normalized spacial score (nSPS) is 9.93. The molecule has 0 aliphatic heterocycles. The number of benzene rings is 2. The molecule has 3 heteroatoms. The molecule has 0 bridgehead atoms. The van der Waals surface area contributed by atoms with Gasteiger partial charge in [-0.05, 0) is 40.2 Å². The van der Waals surface area contributed by atoms with Gasteiger partial charge in [0.15, 0.2) is 0 Å². The van der Waals surface area contributed by atoms with Crippen molar-refractivity contribution in [1.82, 2.24) is 0 Å². The number of ether oxygens (including phenoxy) is 1. The topological polar surface area (TPSA) is 9.23 Å². The number of halogens is 1. The quantitative estimate of drug-likeness (QED) is 0.754. The van der Waals surface area contributed by atoms with Crippen molar-refractivity contribution in [3.63, 3.8) is 0 Å². The molecule has 15 heavy (non-hydrogen) atoms. The second kappa shape index (κ2) is 4.54. The van der Waals surface area contributed by atoms with Gasteiger partial charge >= 0.3 is 0 Å². The number of hydrogen-bond donors (Lipinski definition) is 0. The molecule has 0 saturated carbocycles. The molecule has 0 aliphatic carbocycles. The highest BCUT2D eigenvalue weighted by Gasteiger charge is 2.00. The van der Waals surface area contributed by atoms with E-state index in [1.807, 2.05) is 48.5 Å². The van der Waals surface area contributed by atoms with Crippen LogP contribution in [0.4, 0.5) is 0 Å². The van der Waals surface area contributed by atoms with Crippen molar-refractivity contribution in [2.45, 2.75) is 0 Å². The minimum Gasteiger partial charge on any atom is -0.456 e. The molecule has 0 unspecified atom stereocenters. The molecule has 0 aliphatic rings. The van der Waals surface area contributed by atoms with E-state index in [1.54, 1.807) is 0 Å². The third-order valence-corrected chi connectivity index (χ3v) is 2.74. The van der Waals surface area contributed by atoms with Crippen molar-refractivity contribution >= 4 is 29.2 Å². The average molecular weight is 261 g/mol. The summed E-state index contributed by atoms with van der Waals surface area (Å²) < 4.78 is 6.68. The molecule has 0 aromatic heterocycles. The van der Waals surface area contributed by atoms with E-state index in [-0.39, 0.29) is 0 Å². The summed E-state index contributed by atoms with van der Waals surface area (Å²) in [7, 11) is 2.06. The number of hydrogen-bond acceptors (Lipinski definition) is 1. The standard InChI is InChI=1S/C12H10BBrO/c13-9-5-7-10(8-6-9)15-12-4-2-1-3-11(12)14/h1-8H,13H2. The van der Waals surface area contributed by atoms with Crippen LogP contribution in [-0.2, 0) is 0 Å². The zero-order valence-electron chi connectivity index (χ0n) is 8.41. The minimum absolute atomic E-state index is 0.835. The monoisotopic (exact) mass is 260 g/mol. The van der Waals surface area contributed by atoms with Crippen LogP contribution in [0.3, 0.4) is 0 Å². The summed E-state index contributed by atoms with van der Waals surface area (Å²) in [6.07, 6.45) is 0. The van der Waals surface area contributed by atoms with E-state index in [9.17, 15) is 0 Å². The van der Waals surface area contributed by atoms with E-state index < -0.39 is 0 Å². The maximum absolute atomic E-state index is 5.72. The Kier molecular flexibility index (Phi) is 3.12. The molecule has 0 radical (unpaired) electrons. The van der Waals surface area contributed by atoms with Crippen LogP contribution < -0.4 is 10.2 Å². The second-order valence-corrected chi connectivity index (χ2v) is 4.20. The lowest BCUT2D eigenvalue weighted by molar-refractivity contribution is 0.480. The highest BCUT2D eigenvalue weighted by Crippen LogP contribution is 2.28. The summed E-state index contributed by atoms with van der Waals surface area (Å²) in [5.74, 6) is 1.69. The van der Waals surface area contributed by atoms with Gasteiger partial charge in [0, 0.05) is 0 Å². The van der Waals surface area contributed by atoms with Crippen molar-refractivity contribution in [2.75, 3.05) is 0 Å². The third-order valence-electron chi connectivity index (χ3n) is 2.09. The molecular weight excluding hydrogens is 251 g/mol. The van der Waals surface area contributed by atoms with Crippen LogP contribution in [0.1, 0.15) is 0 Å². The molecule has 74 valence electrons. The van der Waals surface area contributed by atoms with Crippen molar-refractivity contribution in [3.05, 3.63) is 53.0 Å². The average Bonchev–Trinajstić information content (AvgIpc) is 2.25. The maximum Gasteiger partial charge on any atom is 0.141 e. The largest absolute Gasteiger partial charge is 0.456 e. The SMILES string of the molecule is Bc1ccc(Oc2ccccc2Br)cc1. The van der Waals surface area contributed by atoms with E-state index in [1.165, 1.54) is 5.46 Å². The summed E-state index contributed by atoms with van der Waals surface area (Å²) in [6.45, 7) is 0. The Morgan fingerprint density at radius 3 is 2.27 bits per heavy atom. The van der Waals surface area contributed by atoms with Gasteiger partial charge in [0.1, 0.15) is 19.3 Å². The molecule has 0 fully saturated rings. The van der Waals surface area contributed by atoms with Crippen LogP contribution in [0.5, 0.6) is 11.5 Å². The van der Waals surface area contributed by atoms with Gasteiger partial charge in [-0.1, -0.05) is 29.7 Å². The fourth-order valence-electron chi connectivity index (χ4n) is 1.26. The Balaban J connectivity index is 2.22. The highest BCUT2D eigenvalue weighted by molar-refractivity contribution is 9.10. The maximum atomic E-state index is 5.72. The molecule has 1 nitrogen and oxygen atoms in total. The molecule has 0 amide bonds. The second-order valence-electron chi connectivity index (χ2n) is 3.35. The number of para-hydroxylation sites is 1. The van der Waals surface area contributed by atoms with E-state index in [2.05, 4.69) is 23.8 Å². The molecule has 0 heterocycles. The predicted molar refractivity (Wildman–Crippen MR) is 68.8 cm³/mol. The van der Waals surface area contributed by atoms with Crippen LogP contribution in [0, 0.1) is 0 Å². The van der Waals surface area contributed by atoms with Gasteiger partial charge in [-0.2, -0.15) is 0 Å². The first-order valence-corrected chi connectivity index (χ1v) is 5.54. The van der Waals surface area contributed by atoms with Gasteiger partial charge < -0.3 is 4.74 Å². The summed E-state index contributed by atoms with van der Waals surface area (Å²) in [6, 6.07) is 15.8. The molecule has 0 atom stereocenters. The van der Waals surface area contributed by atoms with Gasteiger partial charge in [-0.15, -0.1) is 0 Å². The highest BCUT2D eigenvalue weighted by atomic mass is 79.9.